The topological polar surface area (TPSA) is 109 Å². The molecule has 0 spiro atoms. The Hall–Kier alpha value is -3.56. The summed E-state index contributed by atoms with van der Waals surface area (Å²) in [6.45, 7) is 7.30. The Bertz CT molecular complexity index is 1140. The van der Waals surface area contributed by atoms with Crippen molar-refractivity contribution >= 4 is 44.9 Å². The van der Waals surface area contributed by atoms with Gasteiger partial charge in [-0.05, 0) is 77.6 Å². The number of anilines is 3. The molecule has 0 heterocycles. The molecule has 0 saturated heterocycles. The van der Waals surface area contributed by atoms with Gasteiger partial charge in [0.05, 0.1) is 21.4 Å². The highest BCUT2D eigenvalue weighted by atomic mass is 79.9. The van der Waals surface area contributed by atoms with Crippen molar-refractivity contribution in [1.29, 1.82) is 0 Å². The molecular formula is C26H30BrN5O3. The zero-order valence-electron chi connectivity index (χ0n) is 19.8. The van der Waals surface area contributed by atoms with E-state index in [0.717, 1.165) is 25.4 Å². The van der Waals surface area contributed by atoms with Gasteiger partial charge in [0, 0.05) is 18.8 Å². The maximum Gasteiger partial charge on any atom is 0.323 e. The van der Waals surface area contributed by atoms with Gasteiger partial charge in [0.25, 0.3) is 5.91 Å². The van der Waals surface area contributed by atoms with Crippen LogP contribution in [0.5, 0.6) is 11.5 Å². The fraction of sp³-hybridized carbons (Fsp3) is 0.231. The lowest BCUT2D eigenvalue weighted by atomic mass is 10.1. The van der Waals surface area contributed by atoms with Crippen LogP contribution in [-0.4, -0.2) is 43.0 Å². The number of rotatable bonds is 10. The summed E-state index contributed by atoms with van der Waals surface area (Å²) in [5.41, 5.74) is 7.81. The summed E-state index contributed by atoms with van der Waals surface area (Å²) in [6, 6.07) is 19.2. The fourth-order valence-electron chi connectivity index (χ4n) is 3.37. The number of nitrogens with zero attached hydrogens (tertiary/aromatic N) is 1. The maximum absolute atomic E-state index is 12.6. The Morgan fingerprint density at radius 2 is 1.57 bits per heavy atom. The number of nitrogens with one attached hydrogen (secondary N) is 3. The van der Waals surface area contributed by atoms with Gasteiger partial charge < -0.3 is 31.3 Å². The van der Waals surface area contributed by atoms with E-state index >= 15 is 0 Å². The number of amides is 3. The first kappa shape index (κ1) is 26.1. The van der Waals surface area contributed by atoms with E-state index in [1.165, 1.54) is 0 Å². The lowest BCUT2D eigenvalue weighted by molar-refractivity contribution is 0.0949. The highest BCUT2D eigenvalue weighted by molar-refractivity contribution is 9.10. The van der Waals surface area contributed by atoms with E-state index in [0.29, 0.717) is 33.7 Å². The van der Waals surface area contributed by atoms with Gasteiger partial charge in [-0.25, -0.2) is 4.79 Å². The molecule has 0 unspecified atom stereocenters. The average molecular weight is 540 g/mol. The van der Waals surface area contributed by atoms with Gasteiger partial charge in [0.1, 0.15) is 11.5 Å². The number of urea groups is 1. The van der Waals surface area contributed by atoms with E-state index in [4.69, 9.17) is 10.5 Å². The van der Waals surface area contributed by atoms with Crippen LogP contribution in [0.1, 0.15) is 24.2 Å². The summed E-state index contributed by atoms with van der Waals surface area (Å²) in [5.74, 6) is 1.13. The van der Waals surface area contributed by atoms with Crippen LogP contribution < -0.4 is 26.4 Å². The number of likely N-dealkylation sites (N-methyl/N-ethyl adjacent to an activating group) is 1. The molecule has 3 aromatic rings. The van der Waals surface area contributed by atoms with Gasteiger partial charge in [-0.15, -0.1) is 0 Å². The highest BCUT2D eigenvalue weighted by Crippen LogP contribution is 2.32. The summed E-state index contributed by atoms with van der Waals surface area (Å²) in [5, 5.41) is 8.40. The molecule has 0 aliphatic carbocycles. The fourth-order valence-corrected chi connectivity index (χ4v) is 3.81. The molecule has 0 aromatic heterocycles. The maximum atomic E-state index is 12.6. The third-order valence-corrected chi connectivity index (χ3v) is 6.23. The summed E-state index contributed by atoms with van der Waals surface area (Å²) >= 11 is 3.40. The second kappa shape index (κ2) is 12.8. The quantitative estimate of drug-likeness (QED) is 0.253. The standard InChI is InChI=1S/C26H30BrN5O3/c1-3-32(4-2)17-16-29-25(33)21-14-15-22(23(27)24(21)28)31-26(34)30-18-10-12-20(13-11-18)35-19-8-6-5-7-9-19/h5-15H,3-4,16-17,28H2,1-2H3,(H,29,33)(H2,30,31,34). The Morgan fingerprint density at radius 3 is 2.23 bits per heavy atom. The number of carbonyl (C=O) groups is 2. The van der Waals surface area contributed by atoms with Gasteiger partial charge >= 0.3 is 6.03 Å². The van der Waals surface area contributed by atoms with Crippen LogP contribution >= 0.6 is 15.9 Å². The van der Waals surface area contributed by atoms with Gasteiger partial charge in [0.15, 0.2) is 0 Å². The van der Waals surface area contributed by atoms with Crippen LogP contribution in [0, 0.1) is 0 Å². The Morgan fingerprint density at radius 1 is 0.914 bits per heavy atom. The lowest BCUT2D eigenvalue weighted by Crippen LogP contribution is -2.35. The molecule has 0 atom stereocenters. The predicted octanol–water partition coefficient (Wildman–Crippen LogP) is 5.54. The number of nitrogen functional groups attached to an aromatic ring is 1. The predicted molar refractivity (Wildman–Crippen MR) is 144 cm³/mol. The van der Waals surface area contributed by atoms with Crippen molar-refractivity contribution in [2.24, 2.45) is 0 Å². The van der Waals surface area contributed by atoms with Crippen LogP contribution in [-0.2, 0) is 0 Å². The van der Waals surface area contributed by atoms with Crippen LogP contribution in [0.2, 0.25) is 0 Å². The van der Waals surface area contributed by atoms with Crippen molar-refractivity contribution in [3.63, 3.8) is 0 Å². The SMILES string of the molecule is CCN(CC)CCNC(=O)c1ccc(NC(=O)Nc2ccc(Oc3ccccc3)cc2)c(Br)c1N. The van der Waals surface area contributed by atoms with Crippen molar-refractivity contribution in [2.75, 3.05) is 42.5 Å². The molecule has 0 saturated carbocycles. The molecular weight excluding hydrogens is 510 g/mol. The molecule has 8 nitrogen and oxygen atoms in total. The number of halogens is 1. The van der Waals surface area contributed by atoms with Crippen molar-refractivity contribution < 1.29 is 14.3 Å². The highest BCUT2D eigenvalue weighted by Gasteiger charge is 2.16. The third kappa shape index (κ3) is 7.46. The van der Waals surface area contributed by atoms with Gasteiger partial charge in [0.2, 0.25) is 0 Å². The first-order chi connectivity index (χ1) is 16.9. The van der Waals surface area contributed by atoms with Crippen molar-refractivity contribution in [1.82, 2.24) is 10.2 Å². The van der Waals surface area contributed by atoms with Crippen molar-refractivity contribution in [3.05, 3.63) is 76.8 Å². The second-order valence-electron chi connectivity index (χ2n) is 7.69. The number of nitrogens with two attached hydrogens (primary N) is 1. The monoisotopic (exact) mass is 539 g/mol. The lowest BCUT2D eigenvalue weighted by Gasteiger charge is -2.18. The van der Waals surface area contributed by atoms with E-state index in [1.807, 2.05) is 30.3 Å². The normalized spacial score (nSPS) is 10.6. The van der Waals surface area contributed by atoms with Gasteiger partial charge in [-0.3, -0.25) is 4.79 Å². The van der Waals surface area contributed by atoms with Crippen LogP contribution in [0.25, 0.3) is 0 Å². The molecule has 0 aliphatic rings. The molecule has 0 fully saturated rings. The first-order valence-electron chi connectivity index (χ1n) is 11.4. The zero-order chi connectivity index (χ0) is 25.2. The van der Waals surface area contributed by atoms with Crippen LogP contribution in [0.4, 0.5) is 21.9 Å². The average Bonchev–Trinajstić information content (AvgIpc) is 2.86. The summed E-state index contributed by atoms with van der Waals surface area (Å²) in [6.07, 6.45) is 0. The number of hydrogen-bond donors (Lipinski definition) is 4. The van der Waals surface area contributed by atoms with Crippen molar-refractivity contribution in [3.8, 4) is 11.5 Å². The molecule has 0 aliphatic heterocycles. The van der Waals surface area contributed by atoms with Crippen LogP contribution in [0.3, 0.4) is 0 Å². The van der Waals surface area contributed by atoms with Crippen LogP contribution in [0.15, 0.2) is 71.2 Å². The van der Waals surface area contributed by atoms with Gasteiger partial charge in [-0.2, -0.15) is 0 Å². The largest absolute Gasteiger partial charge is 0.457 e. The molecule has 0 bridgehead atoms. The number of carbonyl (C=O) groups excluding carboxylic acids is 2. The number of para-hydroxylation sites is 1. The summed E-state index contributed by atoms with van der Waals surface area (Å²) < 4.78 is 6.20. The molecule has 9 heteroatoms. The molecule has 3 rings (SSSR count). The molecule has 3 amide bonds. The Labute approximate surface area is 214 Å². The summed E-state index contributed by atoms with van der Waals surface area (Å²) in [7, 11) is 0. The van der Waals surface area contributed by atoms with Gasteiger partial charge in [-0.1, -0.05) is 32.0 Å². The van der Waals surface area contributed by atoms with E-state index in [9.17, 15) is 9.59 Å². The number of ether oxygens (including phenoxy) is 1. The minimum absolute atomic E-state index is 0.255. The van der Waals surface area contributed by atoms with Crippen molar-refractivity contribution in [2.45, 2.75) is 13.8 Å². The first-order valence-corrected chi connectivity index (χ1v) is 12.2. The molecule has 5 N–H and O–H groups in total. The third-order valence-electron chi connectivity index (χ3n) is 5.37. The molecule has 184 valence electrons. The minimum atomic E-state index is -0.446. The second-order valence-corrected chi connectivity index (χ2v) is 8.48. The Balaban J connectivity index is 1.56. The minimum Gasteiger partial charge on any atom is -0.457 e. The Kier molecular flexibility index (Phi) is 9.51. The number of benzene rings is 3. The number of hydrogen-bond acceptors (Lipinski definition) is 5. The smallest absolute Gasteiger partial charge is 0.323 e. The van der Waals surface area contributed by atoms with E-state index < -0.39 is 6.03 Å². The van der Waals surface area contributed by atoms with E-state index in [2.05, 4.69) is 50.6 Å². The molecule has 35 heavy (non-hydrogen) atoms. The van der Waals surface area contributed by atoms with E-state index in [1.54, 1.807) is 36.4 Å². The summed E-state index contributed by atoms with van der Waals surface area (Å²) in [4.78, 5) is 27.3. The van der Waals surface area contributed by atoms with E-state index in [-0.39, 0.29) is 11.6 Å². The zero-order valence-corrected chi connectivity index (χ0v) is 21.4. The molecule has 3 aromatic carbocycles. The molecule has 0 radical (unpaired) electrons.